The maximum atomic E-state index is 5.87. The van der Waals surface area contributed by atoms with Gasteiger partial charge < -0.3 is 9.75 Å². The van der Waals surface area contributed by atoms with Crippen molar-refractivity contribution in [2.24, 2.45) is 5.10 Å². The summed E-state index contributed by atoms with van der Waals surface area (Å²) < 4.78 is 6.81. The van der Waals surface area contributed by atoms with E-state index >= 15 is 0 Å². The van der Waals surface area contributed by atoms with Gasteiger partial charge in [-0.2, -0.15) is 5.10 Å². The molecule has 0 atom stereocenters. The zero-order valence-corrected chi connectivity index (χ0v) is 13.8. The molecule has 0 aliphatic carbocycles. The normalized spacial score (nSPS) is 11.8. The summed E-state index contributed by atoms with van der Waals surface area (Å²) in [7, 11) is 3.74. The van der Waals surface area contributed by atoms with Gasteiger partial charge in [0.2, 0.25) is 0 Å². The van der Waals surface area contributed by atoms with Crippen LogP contribution in [0.5, 0.6) is 5.75 Å². The van der Waals surface area contributed by atoms with Crippen LogP contribution < -0.4 is 4.74 Å². The molecule has 0 spiro atoms. The van der Waals surface area contributed by atoms with E-state index < -0.39 is 5.60 Å². The molecule has 1 aromatic carbocycles. The minimum Gasteiger partial charge on any atom is -0.475 e. The summed E-state index contributed by atoms with van der Waals surface area (Å²) in [5.74, 6) is 3.36. The van der Waals surface area contributed by atoms with Crippen LogP contribution in [0, 0.1) is 12.3 Å². The largest absolute Gasteiger partial charge is 0.475 e. The maximum Gasteiger partial charge on any atom is 0.163 e. The van der Waals surface area contributed by atoms with Gasteiger partial charge in [-0.05, 0) is 38.1 Å². The predicted octanol–water partition coefficient (Wildman–Crippen LogP) is 3.80. The topological polar surface area (TPSA) is 24.8 Å². The zero-order chi connectivity index (χ0) is 15.2. The Labute approximate surface area is 129 Å². The van der Waals surface area contributed by atoms with Crippen molar-refractivity contribution in [2.75, 3.05) is 14.1 Å². The van der Waals surface area contributed by atoms with Crippen LogP contribution in [0.2, 0.25) is 0 Å². The number of ether oxygens (including phenoxy) is 1. The number of benzene rings is 1. The van der Waals surface area contributed by atoms with E-state index in [1.165, 1.54) is 0 Å². The third-order valence-electron chi connectivity index (χ3n) is 2.35. The number of halogens is 1. The van der Waals surface area contributed by atoms with E-state index in [0.717, 1.165) is 15.8 Å². The molecule has 106 valence electrons. The Morgan fingerprint density at radius 3 is 2.70 bits per heavy atom. The second-order valence-electron chi connectivity index (χ2n) is 4.91. The molecule has 1 rings (SSSR count). The van der Waals surface area contributed by atoms with Crippen molar-refractivity contribution in [3.63, 3.8) is 0 Å². The number of nitrogens with zero attached hydrogens (tertiary/aromatic N) is 2. The van der Waals surface area contributed by atoms with Gasteiger partial charge in [-0.3, -0.25) is 0 Å². The monoisotopic (exact) mass is 334 g/mol. The number of terminal acetylenes is 1. The summed E-state index contributed by atoms with van der Waals surface area (Å²) >= 11 is 3.44. The quantitative estimate of drug-likeness (QED) is 0.464. The highest BCUT2D eigenvalue weighted by molar-refractivity contribution is 9.10. The van der Waals surface area contributed by atoms with Crippen LogP contribution in [0.15, 0.2) is 33.8 Å². The van der Waals surface area contributed by atoms with Gasteiger partial charge in [0.15, 0.2) is 5.60 Å². The number of allylic oxidation sites excluding steroid dienone is 1. The smallest absolute Gasteiger partial charge is 0.163 e. The van der Waals surface area contributed by atoms with Crippen LogP contribution in [0.3, 0.4) is 0 Å². The van der Waals surface area contributed by atoms with Crippen LogP contribution in [-0.2, 0) is 0 Å². The van der Waals surface area contributed by atoms with Crippen molar-refractivity contribution in [1.82, 2.24) is 5.01 Å². The summed E-state index contributed by atoms with van der Waals surface area (Å²) in [5.41, 5.74) is 0.294. The first-order valence-electron chi connectivity index (χ1n) is 6.18. The molecule has 0 heterocycles. The molecule has 0 aliphatic rings. The summed E-state index contributed by atoms with van der Waals surface area (Å²) in [4.78, 5) is 0. The number of rotatable bonds is 5. The number of hydrogen-bond acceptors (Lipinski definition) is 3. The van der Waals surface area contributed by atoms with E-state index in [-0.39, 0.29) is 0 Å². The number of hydrazone groups is 1. The van der Waals surface area contributed by atoms with E-state index in [2.05, 4.69) is 27.0 Å². The Balaban J connectivity index is 3.00. The molecule has 20 heavy (non-hydrogen) atoms. The standard InChI is InChI=1S/C16H19BrN2O/c1-6-16(2,3)20-15-12-14(17)10-9-13(15)8-7-11-18-19(4)5/h1,7-12H,2-5H3. The fourth-order valence-electron chi connectivity index (χ4n) is 1.36. The molecule has 0 fully saturated rings. The number of hydrogen-bond donors (Lipinski definition) is 0. The molecule has 0 aliphatic heterocycles. The molecular weight excluding hydrogens is 316 g/mol. The Morgan fingerprint density at radius 2 is 2.10 bits per heavy atom. The molecule has 0 radical (unpaired) electrons. The lowest BCUT2D eigenvalue weighted by molar-refractivity contribution is 0.172. The van der Waals surface area contributed by atoms with Gasteiger partial charge in [-0.15, -0.1) is 6.42 Å². The second kappa shape index (κ2) is 7.16. The first-order valence-corrected chi connectivity index (χ1v) is 6.97. The lowest BCUT2D eigenvalue weighted by Gasteiger charge is -2.21. The lowest BCUT2D eigenvalue weighted by Crippen LogP contribution is -2.25. The summed E-state index contributed by atoms with van der Waals surface area (Å²) in [5, 5.41) is 5.84. The molecule has 0 N–H and O–H groups in total. The molecular formula is C16H19BrN2O. The summed E-state index contributed by atoms with van der Waals surface area (Å²) in [6.07, 6.45) is 11.0. The molecule has 0 aromatic heterocycles. The molecule has 0 saturated carbocycles. The Bertz CT molecular complexity index is 554. The first-order chi connectivity index (χ1) is 9.34. The second-order valence-corrected chi connectivity index (χ2v) is 5.83. The molecule has 0 saturated heterocycles. The zero-order valence-electron chi connectivity index (χ0n) is 12.2. The van der Waals surface area contributed by atoms with E-state index in [0.29, 0.717) is 0 Å². The van der Waals surface area contributed by atoms with Gasteiger partial charge in [0.25, 0.3) is 0 Å². The van der Waals surface area contributed by atoms with E-state index in [1.54, 1.807) is 11.2 Å². The summed E-state index contributed by atoms with van der Waals surface area (Å²) in [6.45, 7) is 3.71. The average Bonchev–Trinajstić information content (AvgIpc) is 2.36. The Hall–Kier alpha value is -1.73. The van der Waals surface area contributed by atoms with Gasteiger partial charge >= 0.3 is 0 Å². The van der Waals surface area contributed by atoms with Crippen LogP contribution in [0.25, 0.3) is 6.08 Å². The van der Waals surface area contributed by atoms with Crippen molar-refractivity contribution in [2.45, 2.75) is 19.4 Å². The molecule has 0 unspecified atom stereocenters. The predicted molar refractivity (Wildman–Crippen MR) is 88.9 cm³/mol. The maximum absolute atomic E-state index is 5.87. The summed E-state index contributed by atoms with van der Waals surface area (Å²) in [6, 6.07) is 5.83. The SMILES string of the molecule is C#CC(C)(C)Oc1cc(Br)ccc1C=CC=NN(C)C. The van der Waals surface area contributed by atoms with Gasteiger partial charge in [0, 0.05) is 30.3 Å². The van der Waals surface area contributed by atoms with Gasteiger partial charge in [-0.1, -0.05) is 27.9 Å². The van der Waals surface area contributed by atoms with Gasteiger partial charge in [0.05, 0.1) is 0 Å². The third kappa shape index (κ3) is 5.50. The highest BCUT2D eigenvalue weighted by atomic mass is 79.9. The third-order valence-corrected chi connectivity index (χ3v) is 2.84. The van der Waals surface area contributed by atoms with Gasteiger partial charge in [0.1, 0.15) is 5.75 Å². The van der Waals surface area contributed by atoms with Crippen LogP contribution in [-0.4, -0.2) is 30.9 Å². The molecule has 0 amide bonds. The van der Waals surface area contributed by atoms with Crippen molar-refractivity contribution in [3.8, 4) is 18.1 Å². The van der Waals surface area contributed by atoms with Crippen molar-refractivity contribution in [1.29, 1.82) is 0 Å². The van der Waals surface area contributed by atoms with Crippen molar-refractivity contribution in [3.05, 3.63) is 34.3 Å². The fraction of sp³-hybridized carbons (Fsp3) is 0.312. The van der Waals surface area contributed by atoms with Crippen molar-refractivity contribution < 1.29 is 4.74 Å². The van der Waals surface area contributed by atoms with Crippen molar-refractivity contribution >= 4 is 28.2 Å². The van der Waals surface area contributed by atoms with Crippen LogP contribution in [0.4, 0.5) is 0 Å². The molecule has 3 nitrogen and oxygen atoms in total. The lowest BCUT2D eigenvalue weighted by atomic mass is 10.1. The van der Waals surface area contributed by atoms with Gasteiger partial charge in [-0.25, -0.2) is 0 Å². The molecule has 1 aromatic rings. The molecule has 4 heteroatoms. The first kappa shape index (κ1) is 16.3. The van der Waals surface area contributed by atoms with E-state index in [4.69, 9.17) is 11.2 Å². The van der Waals surface area contributed by atoms with E-state index in [9.17, 15) is 0 Å². The Kier molecular flexibility index (Phi) is 5.84. The highest BCUT2D eigenvalue weighted by Crippen LogP contribution is 2.28. The van der Waals surface area contributed by atoms with Crippen LogP contribution in [0.1, 0.15) is 19.4 Å². The van der Waals surface area contributed by atoms with Crippen LogP contribution >= 0.6 is 15.9 Å². The minimum atomic E-state index is -0.652. The molecule has 0 bridgehead atoms. The fourth-order valence-corrected chi connectivity index (χ4v) is 1.70. The van der Waals surface area contributed by atoms with E-state index in [1.807, 2.05) is 58.3 Å². The minimum absolute atomic E-state index is 0.652. The average molecular weight is 335 g/mol. The highest BCUT2D eigenvalue weighted by Gasteiger charge is 2.17. The Morgan fingerprint density at radius 1 is 1.40 bits per heavy atom.